The quantitative estimate of drug-likeness (QED) is 0.133. The van der Waals surface area contributed by atoms with E-state index in [-0.39, 0.29) is 71.6 Å². The lowest BCUT2D eigenvalue weighted by Crippen LogP contribution is -2.38. The zero-order valence-electron chi connectivity index (χ0n) is 19.5. The molecule has 0 bridgehead atoms. The number of guanidine groups is 2. The molecule has 2 rings (SSSR count). The Balaban J connectivity index is 0. The van der Waals surface area contributed by atoms with E-state index in [2.05, 4.69) is 30.2 Å². The number of likely N-dealkylation sites (tertiary alicyclic amines) is 1. The molecule has 0 atom stereocenters. The number of nitrogen functional groups attached to an aromatic ring is 2. The molecule has 1 amide bonds. The van der Waals surface area contributed by atoms with Gasteiger partial charge in [-0.1, -0.05) is 24.4 Å². The van der Waals surface area contributed by atoms with E-state index in [1.165, 1.54) is 19.3 Å². The maximum atomic E-state index is 12.2. The van der Waals surface area contributed by atoms with Crippen LogP contribution in [0, 0.1) is 5.92 Å². The Hall–Kier alpha value is -1.99. The Morgan fingerprint density at radius 3 is 2.23 bits per heavy atom. The number of rotatable bonds is 10. The number of hydrogen-bond donors (Lipinski definition) is 6. The number of nitrogens with two attached hydrogens (primary N) is 5. The highest BCUT2D eigenvalue weighted by Crippen LogP contribution is 2.22. The predicted octanol–water partition coefficient (Wildman–Crippen LogP) is 1.15. The third-order valence-electron chi connectivity index (χ3n) is 5.30. The molecule has 0 unspecified atom stereocenters. The molecule has 2 heterocycles. The van der Waals surface area contributed by atoms with Crippen LogP contribution in [0.5, 0.6) is 0 Å². The normalized spacial score (nSPS) is 14.1. The fourth-order valence-electron chi connectivity index (χ4n) is 3.57. The van der Waals surface area contributed by atoms with E-state index < -0.39 is 5.91 Å². The first-order valence-electron chi connectivity index (χ1n) is 10.7. The van der Waals surface area contributed by atoms with Gasteiger partial charge in [0.1, 0.15) is 0 Å². The van der Waals surface area contributed by atoms with Crippen molar-refractivity contribution in [1.29, 1.82) is 0 Å². The summed E-state index contributed by atoms with van der Waals surface area (Å²) >= 11 is 5.78. The predicted molar refractivity (Wildman–Crippen MR) is 150 cm³/mol. The minimum Gasteiger partial charge on any atom is -0.382 e. The van der Waals surface area contributed by atoms with Crippen LogP contribution in [0.25, 0.3) is 0 Å². The topological polar surface area (TPSA) is 213 Å². The lowest BCUT2D eigenvalue weighted by molar-refractivity contribution is 0.0972. The molecule has 0 aliphatic carbocycles. The molecule has 16 heteroatoms. The van der Waals surface area contributed by atoms with Crippen LogP contribution in [-0.4, -0.2) is 65.4 Å². The summed E-state index contributed by atoms with van der Waals surface area (Å²) in [5, 5.41) is 2.34. The molecular formula is C19H37Cl4N11O. The number of nitrogens with zero attached hydrogens (tertiary/aromatic N) is 5. The Bertz CT molecular complexity index is 829. The summed E-state index contributed by atoms with van der Waals surface area (Å²) in [5.74, 6) is 0.0824. The number of nitrogens with one attached hydrogen (secondary N) is 1. The van der Waals surface area contributed by atoms with Crippen molar-refractivity contribution in [3.8, 4) is 0 Å². The van der Waals surface area contributed by atoms with Gasteiger partial charge in [0.15, 0.2) is 34.4 Å². The van der Waals surface area contributed by atoms with E-state index in [0.29, 0.717) is 13.1 Å². The number of halogens is 4. The van der Waals surface area contributed by atoms with Crippen molar-refractivity contribution in [1.82, 2.24) is 20.2 Å². The summed E-state index contributed by atoms with van der Waals surface area (Å²) in [7, 11) is 0. The smallest absolute Gasteiger partial charge is 0.280 e. The monoisotopic (exact) mass is 575 g/mol. The van der Waals surface area contributed by atoms with E-state index in [1.807, 2.05) is 0 Å². The number of aliphatic imine (C=N–C) groups is 2. The Kier molecular flexibility index (Phi) is 18.4. The Labute approximate surface area is 229 Å². The van der Waals surface area contributed by atoms with Crippen molar-refractivity contribution >= 4 is 78.3 Å². The second kappa shape index (κ2) is 18.3. The molecular weight excluding hydrogens is 540 g/mol. The standard InChI is InChI=1S/C19H34ClN11O.3ClH/c20-14-16(22)29-15(21)13(28-14)17(32)30-19(25)27-7-2-1-4-12-5-10-31(11-6-12)9-3-8-26-18(23)24;;;/h12H,1-11H2,(H4,21,22,29)(H4,23,24,26)(H3,25,27,30,32);3*1H. The van der Waals surface area contributed by atoms with Crippen LogP contribution in [-0.2, 0) is 0 Å². The molecule has 0 radical (unpaired) electrons. The number of piperidine rings is 1. The van der Waals surface area contributed by atoms with Crippen LogP contribution in [0.4, 0.5) is 11.6 Å². The number of carbonyl (C=O) groups is 1. The maximum absolute atomic E-state index is 12.2. The van der Waals surface area contributed by atoms with Crippen LogP contribution in [0.1, 0.15) is 49.0 Å². The van der Waals surface area contributed by atoms with E-state index >= 15 is 0 Å². The zero-order valence-corrected chi connectivity index (χ0v) is 22.7. The van der Waals surface area contributed by atoms with Gasteiger partial charge in [0, 0.05) is 13.1 Å². The summed E-state index contributed by atoms with van der Waals surface area (Å²) in [6.45, 7) is 4.47. The summed E-state index contributed by atoms with van der Waals surface area (Å²) in [6.07, 6.45) is 6.51. The van der Waals surface area contributed by atoms with Gasteiger partial charge in [0.2, 0.25) is 0 Å². The number of amides is 1. The lowest BCUT2D eigenvalue weighted by Gasteiger charge is -2.31. The summed E-state index contributed by atoms with van der Waals surface area (Å²) in [5.41, 5.74) is 27.5. The Morgan fingerprint density at radius 2 is 1.60 bits per heavy atom. The summed E-state index contributed by atoms with van der Waals surface area (Å²) in [4.78, 5) is 30.5. The van der Waals surface area contributed by atoms with E-state index in [9.17, 15) is 4.79 Å². The molecule has 1 fully saturated rings. The second-order valence-electron chi connectivity index (χ2n) is 7.80. The molecule has 1 aliphatic rings. The maximum Gasteiger partial charge on any atom is 0.280 e. The third kappa shape index (κ3) is 13.0. The molecule has 0 spiro atoms. The average molecular weight is 577 g/mol. The van der Waals surface area contributed by atoms with Crippen LogP contribution in [0.15, 0.2) is 9.98 Å². The minimum atomic E-state index is -0.636. The summed E-state index contributed by atoms with van der Waals surface area (Å²) in [6, 6.07) is 0. The molecule has 1 aliphatic heterocycles. The number of carbonyl (C=O) groups excluding carboxylic acids is 1. The van der Waals surface area contributed by atoms with Gasteiger partial charge in [-0.05, 0) is 51.2 Å². The molecule has 0 aromatic carbocycles. The fourth-order valence-corrected chi connectivity index (χ4v) is 3.70. The van der Waals surface area contributed by atoms with Crippen molar-refractivity contribution < 1.29 is 4.79 Å². The van der Waals surface area contributed by atoms with Crippen LogP contribution < -0.4 is 34.0 Å². The molecule has 35 heavy (non-hydrogen) atoms. The number of unbranched alkanes of at least 4 members (excludes halogenated alkanes) is 1. The van der Waals surface area contributed by atoms with Crippen molar-refractivity contribution in [2.24, 2.45) is 33.1 Å². The van der Waals surface area contributed by atoms with Gasteiger partial charge in [-0.15, -0.1) is 37.2 Å². The SMILES string of the molecule is Cl.Cl.Cl.NC(N)=NCCCN1CCC(CCCCN=C(N)NC(=O)c2nc(Cl)c(N)nc2N)CC1. The van der Waals surface area contributed by atoms with Crippen LogP contribution in [0.2, 0.25) is 5.15 Å². The van der Waals surface area contributed by atoms with E-state index in [1.54, 1.807) is 0 Å². The molecule has 1 aromatic heterocycles. The third-order valence-corrected chi connectivity index (χ3v) is 5.58. The first kappa shape index (κ1) is 35.2. The van der Waals surface area contributed by atoms with Gasteiger partial charge < -0.3 is 33.6 Å². The van der Waals surface area contributed by atoms with Gasteiger partial charge in [0.05, 0.1) is 0 Å². The average Bonchev–Trinajstić information content (AvgIpc) is 2.74. The molecule has 202 valence electrons. The molecule has 1 aromatic rings. The van der Waals surface area contributed by atoms with Crippen molar-refractivity contribution in [2.45, 2.75) is 38.5 Å². The zero-order chi connectivity index (χ0) is 23.5. The highest BCUT2D eigenvalue weighted by molar-refractivity contribution is 6.31. The summed E-state index contributed by atoms with van der Waals surface area (Å²) < 4.78 is 0. The number of anilines is 2. The molecule has 11 N–H and O–H groups in total. The van der Waals surface area contributed by atoms with Gasteiger partial charge in [-0.25, -0.2) is 9.97 Å². The van der Waals surface area contributed by atoms with Crippen molar-refractivity contribution in [3.63, 3.8) is 0 Å². The lowest BCUT2D eigenvalue weighted by atomic mass is 9.91. The highest BCUT2D eigenvalue weighted by Gasteiger charge is 2.19. The largest absolute Gasteiger partial charge is 0.382 e. The van der Waals surface area contributed by atoms with Crippen LogP contribution in [0.3, 0.4) is 0 Å². The minimum absolute atomic E-state index is 0. The van der Waals surface area contributed by atoms with Gasteiger partial charge in [-0.3, -0.25) is 20.1 Å². The van der Waals surface area contributed by atoms with Gasteiger partial charge in [0.25, 0.3) is 5.91 Å². The fraction of sp³-hybridized carbons (Fsp3) is 0.632. The first-order chi connectivity index (χ1) is 15.3. The van der Waals surface area contributed by atoms with Crippen LogP contribution >= 0.6 is 48.8 Å². The molecule has 1 saturated heterocycles. The van der Waals surface area contributed by atoms with Gasteiger partial charge in [-0.2, -0.15) is 0 Å². The van der Waals surface area contributed by atoms with E-state index in [0.717, 1.165) is 44.8 Å². The number of hydrogen-bond acceptors (Lipinski definition) is 8. The second-order valence-corrected chi connectivity index (χ2v) is 8.15. The van der Waals surface area contributed by atoms with Crippen molar-refractivity contribution in [3.05, 3.63) is 10.8 Å². The number of aromatic nitrogens is 2. The van der Waals surface area contributed by atoms with Crippen molar-refractivity contribution in [2.75, 3.05) is 44.2 Å². The first-order valence-corrected chi connectivity index (χ1v) is 11.1. The molecule has 0 saturated carbocycles. The Morgan fingerprint density at radius 1 is 0.971 bits per heavy atom. The van der Waals surface area contributed by atoms with E-state index in [4.69, 9.17) is 40.3 Å². The van der Waals surface area contributed by atoms with Gasteiger partial charge >= 0.3 is 0 Å². The molecule has 12 nitrogen and oxygen atoms in total. The highest BCUT2D eigenvalue weighted by atomic mass is 35.5.